The summed E-state index contributed by atoms with van der Waals surface area (Å²) in [6.45, 7) is 0.568. The van der Waals surface area contributed by atoms with Gasteiger partial charge in [0.2, 0.25) is 11.6 Å². The summed E-state index contributed by atoms with van der Waals surface area (Å²) in [4.78, 5) is 22.7. The minimum atomic E-state index is -1.24. The number of aromatic nitrogens is 1. The largest absolute Gasteiger partial charge is 0.504 e. The van der Waals surface area contributed by atoms with Gasteiger partial charge in [0.05, 0.1) is 6.20 Å². The summed E-state index contributed by atoms with van der Waals surface area (Å²) < 4.78 is 41.8. The maximum Gasteiger partial charge on any atom is 0.303 e. The molecule has 1 unspecified atom stereocenters. The van der Waals surface area contributed by atoms with Crippen molar-refractivity contribution in [3.8, 4) is 28.9 Å². The Morgan fingerprint density at radius 3 is 2.52 bits per heavy atom. The van der Waals surface area contributed by atoms with Crippen LogP contribution in [0.4, 0.5) is 8.78 Å². The summed E-state index contributed by atoms with van der Waals surface area (Å²) in [5.41, 5.74) is 7.19. The third kappa shape index (κ3) is 6.96. The number of ether oxygens (including phenoxy) is 2. The summed E-state index contributed by atoms with van der Waals surface area (Å²) in [5.74, 6) is -5.34. The molecule has 10 nitrogen and oxygen atoms in total. The fourth-order valence-corrected chi connectivity index (χ4v) is 5.24. The Morgan fingerprint density at radius 1 is 1.09 bits per heavy atom. The van der Waals surface area contributed by atoms with Gasteiger partial charge in [-0.2, -0.15) is 4.39 Å². The van der Waals surface area contributed by atoms with Crippen molar-refractivity contribution in [3.63, 3.8) is 0 Å². The van der Waals surface area contributed by atoms with Crippen LogP contribution in [0.25, 0.3) is 0 Å². The Hall–Kier alpha value is -5.01. The number of aliphatic imine (C=N–C) groups is 1. The number of aromatic hydroxyl groups is 1. The van der Waals surface area contributed by atoms with Crippen LogP contribution in [0.3, 0.4) is 0 Å². The number of nitrogen functional groups attached to an aromatic ring is 1. The van der Waals surface area contributed by atoms with Gasteiger partial charge in [-0.1, -0.05) is 23.9 Å². The van der Waals surface area contributed by atoms with Crippen molar-refractivity contribution < 1.29 is 33.3 Å². The number of nitrogens with zero attached hydrogens (tertiary/aromatic N) is 3. The van der Waals surface area contributed by atoms with Crippen LogP contribution >= 0.6 is 11.8 Å². The van der Waals surface area contributed by atoms with E-state index >= 15 is 4.39 Å². The van der Waals surface area contributed by atoms with E-state index in [9.17, 15) is 14.3 Å². The lowest BCUT2D eigenvalue weighted by Crippen LogP contribution is -2.19. The SMILES string of the molecule is CN1CC=NC1c1cc(Sc2ccc(CCC(=O)O)cc2)ccc1Oc1c(F)cnc(Oc2cc(C(=N)N)ccc2O)c1F. The second-order valence-electron chi connectivity index (χ2n) is 9.84. The standard InChI is InChI=1S/C31H27F2N5O5S/c1-38-13-12-36-30(38)21-15-20(44-19-6-2-17(3-7-19)4-11-26(40)41)8-10-24(21)42-28-22(32)16-37-31(27(28)33)43-25-14-18(29(34)35)5-9-23(25)39/h2-3,5-10,12,14-16,30,39H,4,11,13H2,1H3,(H3,34,35)(H,40,41). The molecule has 0 fully saturated rings. The number of carboxylic acid groups (broad SMARTS) is 1. The number of nitrogens with one attached hydrogen (secondary N) is 1. The van der Waals surface area contributed by atoms with Crippen molar-refractivity contribution in [3.05, 3.63) is 95.2 Å². The van der Waals surface area contributed by atoms with E-state index in [1.165, 1.54) is 30.0 Å². The Balaban J connectivity index is 1.43. The molecular weight excluding hydrogens is 592 g/mol. The molecule has 1 aromatic heterocycles. The summed E-state index contributed by atoms with van der Waals surface area (Å²) >= 11 is 1.46. The van der Waals surface area contributed by atoms with Crippen molar-refractivity contribution in [1.29, 1.82) is 5.41 Å². The van der Waals surface area contributed by atoms with Gasteiger partial charge in [-0.25, -0.2) is 9.37 Å². The fraction of sp³-hybridized carbons (Fsp3) is 0.161. The van der Waals surface area contributed by atoms with Crippen molar-refractivity contribution in [2.75, 3.05) is 13.6 Å². The first-order valence-electron chi connectivity index (χ1n) is 13.3. The van der Waals surface area contributed by atoms with Gasteiger partial charge in [0.15, 0.2) is 17.3 Å². The molecule has 0 spiro atoms. The lowest BCUT2D eigenvalue weighted by atomic mass is 10.1. The number of phenolic OH excluding ortho intramolecular Hbond substituents is 1. The molecule has 1 atom stereocenters. The van der Waals surface area contributed by atoms with Gasteiger partial charge >= 0.3 is 5.97 Å². The number of phenols is 1. The zero-order valence-electron chi connectivity index (χ0n) is 23.3. The molecule has 5 N–H and O–H groups in total. The van der Waals surface area contributed by atoms with Crippen molar-refractivity contribution in [1.82, 2.24) is 9.88 Å². The van der Waals surface area contributed by atoms with Crippen LogP contribution in [0.2, 0.25) is 0 Å². The quantitative estimate of drug-likeness (QED) is 0.115. The molecule has 1 aliphatic rings. The summed E-state index contributed by atoms with van der Waals surface area (Å²) in [7, 11) is 1.86. The van der Waals surface area contributed by atoms with Crippen LogP contribution in [-0.2, 0) is 11.2 Å². The normalized spacial score (nSPS) is 14.5. The predicted octanol–water partition coefficient (Wildman–Crippen LogP) is 6.12. The highest BCUT2D eigenvalue weighted by Gasteiger charge is 2.27. The number of carbonyl (C=O) groups is 1. The molecule has 3 aromatic carbocycles. The van der Waals surface area contributed by atoms with Gasteiger partial charge in [-0.05, 0) is 67.6 Å². The zero-order chi connectivity index (χ0) is 31.4. The first-order chi connectivity index (χ1) is 21.1. The highest BCUT2D eigenvalue weighted by molar-refractivity contribution is 7.99. The lowest BCUT2D eigenvalue weighted by molar-refractivity contribution is -0.136. The Kier molecular flexibility index (Phi) is 9.07. The first kappa shape index (κ1) is 30.4. The van der Waals surface area contributed by atoms with E-state index < -0.39 is 35.4 Å². The van der Waals surface area contributed by atoms with E-state index in [2.05, 4.69) is 9.98 Å². The minimum Gasteiger partial charge on any atom is -0.504 e. The average molecular weight is 620 g/mol. The van der Waals surface area contributed by atoms with Gasteiger partial charge in [0.1, 0.15) is 17.8 Å². The van der Waals surface area contributed by atoms with E-state index in [4.69, 9.17) is 25.7 Å². The number of hydrogen-bond donors (Lipinski definition) is 4. The van der Waals surface area contributed by atoms with E-state index in [1.807, 2.05) is 42.3 Å². The van der Waals surface area contributed by atoms with Crippen LogP contribution in [-0.4, -0.2) is 51.7 Å². The number of aliphatic carboxylic acids is 1. The molecular formula is C31H27F2N5O5S. The number of amidine groups is 1. The summed E-state index contributed by atoms with van der Waals surface area (Å²) in [6.07, 6.45) is 2.49. The molecule has 226 valence electrons. The number of rotatable bonds is 11. The minimum absolute atomic E-state index is 0.0501. The predicted molar refractivity (Wildman–Crippen MR) is 160 cm³/mol. The number of halogens is 2. The van der Waals surface area contributed by atoms with Crippen LogP contribution in [0.15, 0.2) is 81.6 Å². The van der Waals surface area contributed by atoms with E-state index in [1.54, 1.807) is 18.3 Å². The van der Waals surface area contributed by atoms with E-state index in [0.717, 1.165) is 21.6 Å². The lowest BCUT2D eigenvalue weighted by Gasteiger charge is -2.22. The maximum absolute atomic E-state index is 15.6. The maximum atomic E-state index is 15.6. The van der Waals surface area contributed by atoms with Gasteiger partial charge in [0, 0.05) is 40.1 Å². The molecule has 1 aliphatic heterocycles. The number of carboxylic acids is 1. The summed E-state index contributed by atoms with van der Waals surface area (Å²) in [6, 6.07) is 16.6. The second-order valence-corrected chi connectivity index (χ2v) is 11.0. The van der Waals surface area contributed by atoms with Gasteiger partial charge < -0.3 is 25.4 Å². The molecule has 13 heteroatoms. The van der Waals surface area contributed by atoms with Gasteiger partial charge in [-0.3, -0.25) is 20.1 Å². The van der Waals surface area contributed by atoms with Crippen LogP contribution < -0.4 is 15.2 Å². The van der Waals surface area contributed by atoms with Crippen LogP contribution in [0.1, 0.15) is 29.3 Å². The van der Waals surface area contributed by atoms with Crippen molar-refractivity contribution in [2.45, 2.75) is 28.8 Å². The molecule has 44 heavy (non-hydrogen) atoms. The molecule has 0 amide bonds. The molecule has 0 saturated carbocycles. The molecule has 4 aromatic rings. The van der Waals surface area contributed by atoms with Crippen LogP contribution in [0, 0.1) is 17.0 Å². The molecule has 5 rings (SSSR count). The van der Waals surface area contributed by atoms with E-state index in [-0.39, 0.29) is 35.1 Å². The highest BCUT2D eigenvalue weighted by atomic mass is 32.2. The molecule has 0 radical (unpaired) electrons. The second kappa shape index (κ2) is 13.1. The molecule has 2 heterocycles. The number of pyridine rings is 1. The Labute approximate surface area is 255 Å². The van der Waals surface area contributed by atoms with Gasteiger partial charge in [0.25, 0.3) is 5.88 Å². The topological polar surface area (TPSA) is 154 Å². The van der Waals surface area contributed by atoms with E-state index in [0.29, 0.717) is 18.5 Å². The monoisotopic (exact) mass is 619 g/mol. The summed E-state index contributed by atoms with van der Waals surface area (Å²) in [5, 5.41) is 26.7. The number of hydrogen-bond acceptors (Lipinski definition) is 9. The smallest absolute Gasteiger partial charge is 0.303 e. The Bertz CT molecular complexity index is 1750. The fourth-order valence-electron chi connectivity index (χ4n) is 4.38. The molecule has 0 aliphatic carbocycles. The number of benzene rings is 3. The number of nitrogens with two attached hydrogens (primary N) is 1. The third-order valence-corrected chi connectivity index (χ3v) is 7.67. The van der Waals surface area contributed by atoms with Gasteiger partial charge in [-0.15, -0.1) is 0 Å². The highest BCUT2D eigenvalue weighted by Crippen LogP contribution is 2.41. The average Bonchev–Trinajstić information content (AvgIpc) is 3.43. The zero-order valence-corrected chi connectivity index (χ0v) is 24.1. The third-order valence-electron chi connectivity index (χ3n) is 6.67. The van der Waals surface area contributed by atoms with Crippen molar-refractivity contribution >= 4 is 29.8 Å². The molecule has 0 saturated heterocycles. The number of aryl methyl sites for hydroxylation is 1. The Morgan fingerprint density at radius 2 is 1.84 bits per heavy atom. The molecule has 0 bridgehead atoms. The first-order valence-corrected chi connectivity index (χ1v) is 14.1. The van der Waals surface area contributed by atoms with Crippen molar-refractivity contribution in [2.24, 2.45) is 10.7 Å². The van der Waals surface area contributed by atoms with Crippen LogP contribution in [0.5, 0.6) is 28.9 Å².